The lowest BCUT2D eigenvalue weighted by Gasteiger charge is -2.23. The quantitative estimate of drug-likeness (QED) is 0.900. The molecule has 6 nitrogen and oxygen atoms in total. The van der Waals surface area contributed by atoms with E-state index in [1.54, 1.807) is 18.1 Å². The van der Waals surface area contributed by atoms with Crippen LogP contribution in [0.25, 0.3) is 0 Å². The Morgan fingerprint density at radius 2 is 2.24 bits per heavy atom. The lowest BCUT2D eigenvalue weighted by atomic mass is 10.0. The van der Waals surface area contributed by atoms with Crippen LogP contribution >= 0.6 is 0 Å². The Bertz CT molecular complexity index is 522. The van der Waals surface area contributed by atoms with Gasteiger partial charge in [0.2, 0.25) is 0 Å². The fourth-order valence-electron chi connectivity index (χ4n) is 2.77. The number of carboxylic acid groups (broad SMARTS) is 1. The molecule has 1 amide bonds. The summed E-state index contributed by atoms with van der Waals surface area (Å²) in [4.78, 5) is 25.2. The Balaban J connectivity index is 2.22. The number of rotatable bonds is 5. The molecule has 0 spiro atoms. The smallest absolute Gasteiger partial charge is 0.305 e. The van der Waals surface area contributed by atoms with E-state index in [-0.39, 0.29) is 30.4 Å². The van der Waals surface area contributed by atoms with Gasteiger partial charge in [-0.2, -0.15) is 0 Å². The highest BCUT2D eigenvalue weighted by molar-refractivity contribution is 5.93. The van der Waals surface area contributed by atoms with Crippen molar-refractivity contribution in [1.82, 2.24) is 4.90 Å². The molecular weight excluding hydrogens is 274 g/mol. The first-order valence-electron chi connectivity index (χ1n) is 7.07. The fraction of sp³-hybridized carbons (Fsp3) is 0.600. The zero-order valence-electron chi connectivity index (χ0n) is 12.5. The van der Waals surface area contributed by atoms with Gasteiger partial charge in [-0.15, -0.1) is 0 Å². The van der Waals surface area contributed by atoms with Gasteiger partial charge in [-0.25, -0.2) is 0 Å². The van der Waals surface area contributed by atoms with Gasteiger partial charge in [0.25, 0.3) is 5.91 Å². The summed E-state index contributed by atoms with van der Waals surface area (Å²) in [6.45, 7) is 4.36. The third-order valence-corrected chi connectivity index (χ3v) is 3.89. The molecule has 1 aliphatic heterocycles. The Labute approximate surface area is 123 Å². The summed E-state index contributed by atoms with van der Waals surface area (Å²) >= 11 is 0. The predicted molar refractivity (Wildman–Crippen MR) is 75.3 cm³/mol. The lowest BCUT2D eigenvalue weighted by molar-refractivity contribution is -0.138. The van der Waals surface area contributed by atoms with Crippen molar-refractivity contribution in [3.8, 4) is 0 Å². The maximum atomic E-state index is 12.7. The number of ether oxygens (including phenoxy) is 1. The molecule has 0 aliphatic carbocycles. The van der Waals surface area contributed by atoms with Crippen LogP contribution in [0.1, 0.15) is 48.7 Å². The summed E-state index contributed by atoms with van der Waals surface area (Å²) in [5.41, 5.74) is 0.843. The van der Waals surface area contributed by atoms with E-state index in [0.717, 1.165) is 5.56 Å². The van der Waals surface area contributed by atoms with Crippen LogP contribution in [0.15, 0.2) is 16.7 Å². The van der Waals surface area contributed by atoms with Crippen LogP contribution in [0, 0.1) is 0 Å². The molecule has 1 saturated heterocycles. The molecule has 0 aromatic carbocycles. The molecule has 1 aromatic rings. The van der Waals surface area contributed by atoms with E-state index in [0.29, 0.717) is 18.7 Å². The van der Waals surface area contributed by atoms with Gasteiger partial charge >= 0.3 is 5.97 Å². The zero-order chi connectivity index (χ0) is 15.6. The van der Waals surface area contributed by atoms with Gasteiger partial charge < -0.3 is 19.2 Å². The minimum atomic E-state index is -0.918. The molecular formula is C15H21NO5. The number of furan rings is 1. The SMILES string of the molecule is CO[C@@H]1C[C@H](CC(=O)O)N(C(=O)c2occc2C(C)C)C1. The maximum Gasteiger partial charge on any atom is 0.305 e. The van der Waals surface area contributed by atoms with E-state index in [4.69, 9.17) is 14.3 Å². The summed E-state index contributed by atoms with van der Waals surface area (Å²) in [5, 5.41) is 9.00. The second kappa shape index (κ2) is 6.30. The first kappa shape index (κ1) is 15.6. The standard InChI is InChI=1S/C15H21NO5/c1-9(2)12-4-5-21-14(12)15(19)16-8-11(20-3)6-10(16)7-13(17)18/h4-5,9-11H,6-8H2,1-3H3,(H,17,18)/t10-,11-/m1/s1. The van der Waals surface area contributed by atoms with E-state index in [9.17, 15) is 9.59 Å². The first-order chi connectivity index (χ1) is 9.93. The third-order valence-electron chi connectivity index (χ3n) is 3.89. The van der Waals surface area contributed by atoms with Gasteiger partial charge in [-0.05, 0) is 18.4 Å². The van der Waals surface area contributed by atoms with Gasteiger partial charge in [-0.3, -0.25) is 9.59 Å². The molecule has 1 N–H and O–H groups in total. The van der Waals surface area contributed by atoms with E-state index < -0.39 is 5.97 Å². The molecule has 0 saturated carbocycles. The van der Waals surface area contributed by atoms with Crippen molar-refractivity contribution in [2.45, 2.75) is 44.8 Å². The van der Waals surface area contributed by atoms with Crippen molar-refractivity contribution < 1.29 is 23.8 Å². The van der Waals surface area contributed by atoms with Crippen molar-refractivity contribution in [3.63, 3.8) is 0 Å². The van der Waals surface area contributed by atoms with Crippen LogP contribution in [0.3, 0.4) is 0 Å². The summed E-state index contributed by atoms with van der Waals surface area (Å²) in [5.74, 6) is -0.703. The molecule has 1 fully saturated rings. The highest BCUT2D eigenvalue weighted by atomic mass is 16.5. The third kappa shape index (κ3) is 3.26. The zero-order valence-corrected chi connectivity index (χ0v) is 12.5. The summed E-state index contributed by atoms with van der Waals surface area (Å²) in [7, 11) is 1.57. The number of aliphatic carboxylic acids is 1. The lowest BCUT2D eigenvalue weighted by Crippen LogP contribution is -2.37. The van der Waals surface area contributed by atoms with Crippen LogP contribution in [-0.2, 0) is 9.53 Å². The monoisotopic (exact) mass is 295 g/mol. The van der Waals surface area contributed by atoms with E-state index >= 15 is 0 Å². The average molecular weight is 295 g/mol. The van der Waals surface area contributed by atoms with Gasteiger partial charge in [0.05, 0.1) is 18.8 Å². The summed E-state index contributed by atoms with van der Waals surface area (Å²) in [6, 6.07) is 1.43. The highest BCUT2D eigenvalue weighted by Gasteiger charge is 2.38. The van der Waals surface area contributed by atoms with Gasteiger partial charge in [0.1, 0.15) is 0 Å². The van der Waals surface area contributed by atoms with Crippen molar-refractivity contribution in [2.75, 3.05) is 13.7 Å². The van der Waals surface area contributed by atoms with Crippen LogP contribution in [0.4, 0.5) is 0 Å². The molecule has 1 aromatic heterocycles. The predicted octanol–water partition coefficient (Wildman–Crippen LogP) is 2.11. The molecule has 1 aliphatic rings. The molecule has 0 unspecified atom stereocenters. The second-order valence-corrected chi connectivity index (χ2v) is 5.66. The number of carbonyl (C=O) groups excluding carboxylic acids is 1. The van der Waals surface area contributed by atoms with E-state index in [2.05, 4.69) is 0 Å². The summed E-state index contributed by atoms with van der Waals surface area (Å²) < 4.78 is 10.6. The van der Waals surface area contributed by atoms with E-state index in [1.807, 2.05) is 13.8 Å². The second-order valence-electron chi connectivity index (χ2n) is 5.66. The topological polar surface area (TPSA) is 80.0 Å². The number of methoxy groups -OCH3 is 1. The van der Waals surface area contributed by atoms with Crippen LogP contribution in [-0.4, -0.2) is 47.7 Å². The maximum absolute atomic E-state index is 12.7. The Hall–Kier alpha value is -1.82. The van der Waals surface area contributed by atoms with Gasteiger partial charge in [0, 0.05) is 25.3 Å². The average Bonchev–Trinajstić information content (AvgIpc) is 3.03. The van der Waals surface area contributed by atoms with Crippen LogP contribution in [0.5, 0.6) is 0 Å². The first-order valence-corrected chi connectivity index (χ1v) is 7.07. The number of nitrogens with zero attached hydrogens (tertiary/aromatic N) is 1. The molecule has 6 heteroatoms. The van der Waals surface area contributed by atoms with Crippen molar-refractivity contribution >= 4 is 11.9 Å². The molecule has 2 atom stereocenters. The molecule has 21 heavy (non-hydrogen) atoms. The number of likely N-dealkylation sites (tertiary alicyclic amines) is 1. The molecule has 116 valence electrons. The number of carboxylic acids is 1. The fourth-order valence-corrected chi connectivity index (χ4v) is 2.77. The van der Waals surface area contributed by atoms with Crippen LogP contribution < -0.4 is 0 Å². The molecule has 2 heterocycles. The number of hydrogen-bond donors (Lipinski definition) is 1. The number of amides is 1. The highest BCUT2D eigenvalue weighted by Crippen LogP contribution is 2.28. The van der Waals surface area contributed by atoms with Gasteiger partial charge in [-0.1, -0.05) is 13.8 Å². The van der Waals surface area contributed by atoms with Crippen molar-refractivity contribution in [1.29, 1.82) is 0 Å². The van der Waals surface area contributed by atoms with E-state index in [1.165, 1.54) is 6.26 Å². The molecule has 0 bridgehead atoms. The number of hydrogen-bond acceptors (Lipinski definition) is 4. The molecule has 0 radical (unpaired) electrons. The van der Waals surface area contributed by atoms with Crippen molar-refractivity contribution in [2.24, 2.45) is 0 Å². The Kier molecular flexibility index (Phi) is 4.67. The molecule has 2 rings (SSSR count). The largest absolute Gasteiger partial charge is 0.481 e. The van der Waals surface area contributed by atoms with Crippen molar-refractivity contribution in [3.05, 3.63) is 23.7 Å². The normalized spacial score (nSPS) is 22.0. The summed E-state index contributed by atoms with van der Waals surface area (Å²) in [6.07, 6.45) is 1.82. The minimum absolute atomic E-state index is 0.0800. The van der Waals surface area contributed by atoms with Crippen LogP contribution in [0.2, 0.25) is 0 Å². The number of carbonyl (C=O) groups is 2. The minimum Gasteiger partial charge on any atom is -0.481 e. The Morgan fingerprint density at radius 1 is 1.52 bits per heavy atom. The Morgan fingerprint density at radius 3 is 2.81 bits per heavy atom. The van der Waals surface area contributed by atoms with Gasteiger partial charge in [0.15, 0.2) is 5.76 Å².